The predicted octanol–water partition coefficient (Wildman–Crippen LogP) is 3.93. The molecule has 110 valence electrons. The van der Waals surface area contributed by atoms with Crippen LogP contribution in [0.15, 0.2) is 18.2 Å². The van der Waals surface area contributed by atoms with E-state index in [2.05, 4.69) is 4.98 Å². The van der Waals surface area contributed by atoms with Gasteiger partial charge in [-0.3, -0.25) is 0 Å². The zero-order valence-corrected chi connectivity index (χ0v) is 11.1. The van der Waals surface area contributed by atoms with Crippen LogP contribution in [0.1, 0.15) is 43.1 Å². The highest BCUT2D eigenvalue weighted by Crippen LogP contribution is 2.28. The van der Waals surface area contributed by atoms with Crippen molar-refractivity contribution in [3.8, 4) is 0 Å². The van der Waals surface area contributed by atoms with Crippen LogP contribution < -0.4 is 0 Å². The Hall–Kier alpha value is -1.85. The molecule has 0 saturated carbocycles. The quantitative estimate of drug-likeness (QED) is 0.637. The summed E-state index contributed by atoms with van der Waals surface area (Å²) in [6.07, 6.45) is 0.633. The summed E-state index contributed by atoms with van der Waals surface area (Å²) in [7, 11) is 0. The van der Waals surface area contributed by atoms with Gasteiger partial charge >= 0.3 is 12.1 Å². The Labute approximate surface area is 115 Å². The first-order chi connectivity index (χ1) is 9.34. The minimum atomic E-state index is -4.49. The van der Waals surface area contributed by atoms with Gasteiger partial charge in [-0.05, 0) is 30.5 Å². The van der Waals surface area contributed by atoms with Crippen molar-refractivity contribution in [3.05, 3.63) is 35.2 Å². The van der Waals surface area contributed by atoms with Gasteiger partial charge < -0.3 is 5.11 Å². The van der Waals surface area contributed by atoms with E-state index in [-0.39, 0.29) is 5.69 Å². The van der Waals surface area contributed by atoms with Crippen molar-refractivity contribution < 1.29 is 23.1 Å². The number of carboxylic acids is 1. The highest BCUT2D eigenvalue weighted by atomic mass is 19.4. The maximum absolute atomic E-state index is 12.6. The zero-order valence-electron chi connectivity index (χ0n) is 11.1. The van der Waals surface area contributed by atoms with Gasteiger partial charge in [0.05, 0.1) is 0 Å². The molecule has 20 heavy (non-hydrogen) atoms. The van der Waals surface area contributed by atoms with E-state index in [1.807, 2.05) is 6.92 Å². The normalized spacial score (nSPS) is 12.0. The average Bonchev–Trinajstić information content (AvgIpc) is 2.36. The van der Waals surface area contributed by atoms with Crippen molar-refractivity contribution in [2.75, 3.05) is 0 Å². The maximum atomic E-state index is 12.6. The summed E-state index contributed by atoms with van der Waals surface area (Å²) in [5.74, 6) is -1.15. The fourth-order valence-corrected chi connectivity index (χ4v) is 1.73. The second-order valence-corrected chi connectivity index (χ2v) is 4.36. The van der Waals surface area contributed by atoms with E-state index >= 15 is 0 Å². The van der Waals surface area contributed by atoms with E-state index in [9.17, 15) is 18.0 Å². The van der Waals surface area contributed by atoms with E-state index in [0.717, 1.165) is 31.4 Å². The lowest BCUT2D eigenvalue weighted by Gasteiger charge is -2.10. The van der Waals surface area contributed by atoms with Gasteiger partial charge in [0.2, 0.25) is 0 Å². The van der Waals surface area contributed by atoms with Gasteiger partial charge in [-0.15, -0.1) is 0 Å². The van der Waals surface area contributed by atoms with E-state index < -0.39 is 17.8 Å². The van der Waals surface area contributed by atoms with Crippen molar-refractivity contribution in [1.29, 1.82) is 0 Å². The van der Waals surface area contributed by atoms with Crippen LogP contribution in [0.5, 0.6) is 0 Å². The first kappa shape index (κ1) is 16.2. The summed E-state index contributed by atoms with van der Waals surface area (Å²) < 4.78 is 37.9. The second kappa shape index (κ2) is 7.07. The molecule has 0 fully saturated rings. The summed E-state index contributed by atoms with van der Waals surface area (Å²) in [6.45, 7) is 1.99. The second-order valence-electron chi connectivity index (χ2n) is 4.36. The van der Waals surface area contributed by atoms with Crippen LogP contribution in [0, 0.1) is 0 Å². The molecular formula is C14H16F3NO2. The topological polar surface area (TPSA) is 50.2 Å². The lowest BCUT2D eigenvalue weighted by molar-refractivity contribution is -0.141. The Morgan fingerprint density at radius 1 is 1.35 bits per heavy atom. The molecule has 0 aliphatic carbocycles. The summed E-state index contributed by atoms with van der Waals surface area (Å²) in [4.78, 5) is 14.1. The molecule has 0 bridgehead atoms. The van der Waals surface area contributed by atoms with Crippen molar-refractivity contribution >= 4 is 12.0 Å². The largest absolute Gasteiger partial charge is 0.478 e. The van der Waals surface area contributed by atoms with Gasteiger partial charge in [0.25, 0.3) is 0 Å². The fraction of sp³-hybridized carbons (Fsp3) is 0.429. The number of unbranched alkanes of at least 4 members (excludes halogenated alkanes) is 2. The highest BCUT2D eigenvalue weighted by molar-refractivity contribution is 5.85. The molecule has 0 amide bonds. The molecule has 6 heteroatoms. The number of hydrogen-bond donors (Lipinski definition) is 1. The van der Waals surface area contributed by atoms with Gasteiger partial charge in [-0.1, -0.05) is 25.8 Å². The SMILES string of the molecule is CCCCCc1nc(C(F)(F)F)ccc1C=CC(=O)O. The number of halogens is 3. The number of alkyl halides is 3. The van der Waals surface area contributed by atoms with Crippen molar-refractivity contribution in [2.24, 2.45) is 0 Å². The lowest BCUT2D eigenvalue weighted by atomic mass is 10.1. The molecule has 0 unspecified atom stereocenters. The monoisotopic (exact) mass is 287 g/mol. The molecular weight excluding hydrogens is 271 g/mol. The van der Waals surface area contributed by atoms with Crippen LogP contribution in [-0.2, 0) is 17.4 Å². The van der Waals surface area contributed by atoms with E-state index in [0.29, 0.717) is 12.0 Å². The molecule has 1 aromatic rings. The number of aromatic nitrogens is 1. The minimum Gasteiger partial charge on any atom is -0.478 e. The van der Waals surface area contributed by atoms with E-state index in [1.54, 1.807) is 0 Å². The smallest absolute Gasteiger partial charge is 0.433 e. The van der Waals surface area contributed by atoms with Crippen LogP contribution in [0.4, 0.5) is 13.2 Å². The number of carboxylic acid groups (broad SMARTS) is 1. The summed E-state index contributed by atoms with van der Waals surface area (Å²) in [5.41, 5.74) is -0.251. The first-order valence-electron chi connectivity index (χ1n) is 6.32. The Morgan fingerprint density at radius 3 is 2.60 bits per heavy atom. The Kier molecular flexibility index (Phi) is 5.73. The minimum absolute atomic E-state index is 0.283. The molecule has 0 spiro atoms. The van der Waals surface area contributed by atoms with Gasteiger partial charge in [-0.25, -0.2) is 9.78 Å². The van der Waals surface area contributed by atoms with E-state index in [1.165, 1.54) is 12.1 Å². The van der Waals surface area contributed by atoms with E-state index in [4.69, 9.17) is 5.11 Å². The molecule has 0 radical (unpaired) electrons. The maximum Gasteiger partial charge on any atom is 0.433 e. The van der Waals surface area contributed by atoms with Crippen LogP contribution in [0.25, 0.3) is 6.08 Å². The number of aryl methyl sites for hydroxylation is 1. The van der Waals surface area contributed by atoms with Crippen LogP contribution in [0.3, 0.4) is 0 Å². The molecule has 0 aliphatic rings. The Morgan fingerprint density at radius 2 is 2.05 bits per heavy atom. The van der Waals surface area contributed by atoms with Gasteiger partial charge in [0, 0.05) is 11.8 Å². The van der Waals surface area contributed by atoms with Crippen molar-refractivity contribution in [2.45, 2.75) is 38.8 Å². The summed E-state index contributed by atoms with van der Waals surface area (Å²) in [6, 6.07) is 2.13. The molecule has 0 saturated heterocycles. The molecule has 0 aliphatic heterocycles. The number of hydrogen-bond acceptors (Lipinski definition) is 2. The molecule has 1 N–H and O–H groups in total. The first-order valence-corrected chi connectivity index (χ1v) is 6.32. The third-order valence-electron chi connectivity index (χ3n) is 2.72. The standard InChI is InChI=1S/C14H16F3NO2/c1-2-3-4-5-11-10(7-9-13(19)20)6-8-12(18-11)14(15,16)17/h6-9H,2-5H2,1H3,(H,19,20). The number of aliphatic carboxylic acids is 1. The number of pyridine rings is 1. The van der Waals surface area contributed by atoms with Crippen molar-refractivity contribution in [3.63, 3.8) is 0 Å². The number of carbonyl (C=O) groups is 1. The summed E-state index contributed by atoms with van der Waals surface area (Å²) in [5, 5.41) is 8.58. The molecule has 0 atom stereocenters. The highest BCUT2D eigenvalue weighted by Gasteiger charge is 2.32. The van der Waals surface area contributed by atoms with Gasteiger partial charge in [0.15, 0.2) is 0 Å². The summed E-state index contributed by atoms with van der Waals surface area (Å²) >= 11 is 0. The fourth-order valence-electron chi connectivity index (χ4n) is 1.73. The van der Waals surface area contributed by atoms with Crippen LogP contribution in [-0.4, -0.2) is 16.1 Å². The zero-order chi connectivity index (χ0) is 15.2. The average molecular weight is 287 g/mol. The van der Waals surface area contributed by atoms with Gasteiger partial charge in [-0.2, -0.15) is 13.2 Å². The number of rotatable bonds is 6. The molecule has 1 rings (SSSR count). The third-order valence-corrected chi connectivity index (χ3v) is 2.72. The molecule has 1 heterocycles. The molecule has 1 aromatic heterocycles. The Balaban J connectivity index is 3.06. The molecule has 3 nitrogen and oxygen atoms in total. The van der Waals surface area contributed by atoms with Crippen LogP contribution in [0.2, 0.25) is 0 Å². The lowest BCUT2D eigenvalue weighted by Crippen LogP contribution is -2.10. The predicted molar refractivity (Wildman–Crippen MR) is 69.1 cm³/mol. The Bertz CT molecular complexity index is 496. The van der Waals surface area contributed by atoms with Gasteiger partial charge in [0.1, 0.15) is 5.69 Å². The third kappa shape index (κ3) is 5.03. The number of nitrogens with zero attached hydrogens (tertiary/aromatic N) is 1. The van der Waals surface area contributed by atoms with Crippen molar-refractivity contribution in [1.82, 2.24) is 4.98 Å². The molecule has 0 aromatic carbocycles. The van der Waals surface area contributed by atoms with Crippen LogP contribution >= 0.6 is 0 Å².